The summed E-state index contributed by atoms with van der Waals surface area (Å²) in [6.45, 7) is 0. The molecule has 0 fully saturated rings. The topological polar surface area (TPSA) is 67.1 Å². The molecule has 0 aromatic carbocycles. The standard InChI is InChI=1S/C18H17N5OS/c1-2-4-14(5-3-1)10-15-11-23(8-9-25-15)17-6-7-19-18(22-17)21-16-12-24-13-20-16/h1-2,4,6-9,11-13H,3,5,10H2,(H,19,21,22). The first-order valence-electron chi connectivity index (χ1n) is 8.02. The SMILES string of the molecule is C1=CCCC(CC2=CN(c3ccnc(Nc4cocn4)n3)C=CS2)=C1. The van der Waals surface area contributed by atoms with Crippen LogP contribution < -0.4 is 10.2 Å². The molecule has 0 bridgehead atoms. The molecule has 1 N–H and O–H groups in total. The smallest absolute Gasteiger partial charge is 0.230 e. The van der Waals surface area contributed by atoms with Crippen molar-refractivity contribution in [2.24, 2.45) is 0 Å². The Kier molecular flexibility index (Phi) is 4.65. The Labute approximate surface area is 150 Å². The lowest BCUT2D eigenvalue weighted by Gasteiger charge is -2.21. The number of rotatable bonds is 5. The Bertz CT molecular complexity index is 854. The van der Waals surface area contributed by atoms with E-state index in [4.69, 9.17) is 4.42 Å². The van der Waals surface area contributed by atoms with Crippen LogP contribution in [0.15, 0.2) is 75.9 Å². The van der Waals surface area contributed by atoms with E-state index >= 15 is 0 Å². The molecule has 0 radical (unpaired) electrons. The molecule has 126 valence electrons. The maximum Gasteiger partial charge on any atom is 0.230 e. The van der Waals surface area contributed by atoms with Crippen molar-refractivity contribution in [3.63, 3.8) is 0 Å². The van der Waals surface area contributed by atoms with E-state index in [0.29, 0.717) is 11.8 Å². The summed E-state index contributed by atoms with van der Waals surface area (Å²) in [7, 11) is 0. The molecular formula is C18H17N5OS. The van der Waals surface area contributed by atoms with Gasteiger partial charge in [0, 0.05) is 29.9 Å². The molecule has 2 aromatic rings. The molecule has 2 aromatic heterocycles. The molecule has 0 amide bonds. The Morgan fingerprint density at radius 1 is 1.32 bits per heavy atom. The van der Waals surface area contributed by atoms with Gasteiger partial charge in [0.1, 0.15) is 12.1 Å². The second-order valence-corrected chi connectivity index (χ2v) is 6.64. The zero-order chi connectivity index (χ0) is 16.9. The lowest BCUT2D eigenvalue weighted by Crippen LogP contribution is -2.13. The summed E-state index contributed by atoms with van der Waals surface area (Å²) < 4.78 is 4.95. The van der Waals surface area contributed by atoms with Crippen LogP contribution in [-0.4, -0.2) is 15.0 Å². The highest BCUT2D eigenvalue weighted by molar-refractivity contribution is 8.05. The van der Waals surface area contributed by atoms with Crippen molar-refractivity contribution in [3.8, 4) is 0 Å². The Hall–Kier alpha value is -2.80. The fourth-order valence-corrected chi connectivity index (χ4v) is 3.42. The molecule has 2 aliphatic rings. The van der Waals surface area contributed by atoms with Gasteiger partial charge in [0.05, 0.1) is 0 Å². The molecule has 0 unspecified atom stereocenters. The number of nitrogens with one attached hydrogen (secondary N) is 1. The van der Waals surface area contributed by atoms with Gasteiger partial charge in [-0.1, -0.05) is 35.6 Å². The summed E-state index contributed by atoms with van der Waals surface area (Å²) in [5.41, 5.74) is 1.47. The van der Waals surface area contributed by atoms with Gasteiger partial charge in [-0.15, -0.1) is 0 Å². The highest BCUT2D eigenvalue weighted by atomic mass is 32.2. The molecule has 7 heteroatoms. The molecule has 3 heterocycles. The van der Waals surface area contributed by atoms with Crippen LogP contribution in [0.1, 0.15) is 19.3 Å². The number of anilines is 3. The van der Waals surface area contributed by atoms with E-state index in [2.05, 4.69) is 50.1 Å². The molecule has 0 atom stereocenters. The van der Waals surface area contributed by atoms with Gasteiger partial charge >= 0.3 is 0 Å². The predicted octanol–water partition coefficient (Wildman–Crippen LogP) is 4.74. The molecule has 6 nitrogen and oxygen atoms in total. The summed E-state index contributed by atoms with van der Waals surface area (Å²) in [6.07, 6.45) is 18.6. The molecule has 0 spiro atoms. The summed E-state index contributed by atoms with van der Waals surface area (Å²) in [4.78, 5) is 16.1. The van der Waals surface area contributed by atoms with Crippen LogP contribution in [0.4, 0.5) is 17.6 Å². The number of oxazole rings is 1. The highest BCUT2D eigenvalue weighted by Crippen LogP contribution is 2.32. The van der Waals surface area contributed by atoms with Gasteiger partial charge in [0.25, 0.3) is 0 Å². The lowest BCUT2D eigenvalue weighted by molar-refractivity contribution is 0.558. The summed E-state index contributed by atoms with van der Waals surface area (Å²) in [5.74, 6) is 1.86. The van der Waals surface area contributed by atoms with Crippen molar-refractivity contribution >= 4 is 29.3 Å². The van der Waals surface area contributed by atoms with Gasteiger partial charge in [-0.2, -0.15) is 9.97 Å². The lowest BCUT2D eigenvalue weighted by atomic mass is 10.0. The van der Waals surface area contributed by atoms with Gasteiger partial charge in [0.15, 0.2) is 12.2 Å². The molecule has 4 rings (SSSR count). The van der Waals surface area contributed by atoms with Crippen LogP contribution in [-0.2, 0) is 0 Å². The third-order valence-electron chi connectivity index (χ3n) is 3.80. The highest BCUT2D eigenvalue weighted by Gasteiger charge is 2.12. The molecule has 1 aliphatic heterocycles. The van der Waals surface area contributed by atoms with E-state index in [0.717, 1.165) is 25.1 Å². The quantitative estimate of drug-likeness (QED) is 0.834. The van der Waals surface area contributed by atoms with Gasteiger partial charge < -0.3 is 14.6 Å². The molecular weight excluding hydrogens is 334 g/mol. The normalized spacial score (nSPS) is 16.6. The van der Waals surface area contributed by atoms with Crippen LogP contribution in [0, 0.1) is 0 Å². The van der Waals surface area contributed by atoms with E-state index in [1.54, 1.807) is 18.0 Å². The van der Waals surface area contributed by atoms with Crippen LogP contribution in [0.3, 0.4) is 0 Å². The second-order valence-electron chi connectivity index (χ2n) is 5.61. The Balaban J connectivity index is 1.50. The molecule has 0 saturated carbocycles. The van der Waals surface area contributed by atoms with Crippen molar-refractivity contribution in [2.45, 2.75) is 19.3 Å². The first-order chi connectivity index (χ1) is 12.4. The van der Waals surface area contributed by atoms with E-state index in [1.807, 2.05) is 17.2 Å². The monoisotopic (exact) mass is 351 g/mol. The minimum absolute atomic E-state index is 0.480. The summed E-state index contributed by atoms with van der Waals surface area (Å²) in [6, 6.07) is 1.88. The molecule has 1 aliphatic carbocycles. The summed E-state index contributed by atoms with van der Waals surface area (Å²) >= 11 is 1.76. The Morgan fingerprint density at radius 3 is 3.16 bits per heavy atom. The van der Waals surface area contributed by atoms with Crippen molar-refractivity contribution < 1.29 is 4.42 Å². The van der Waals surface area contributed by atoms with Crippen LogP contribution >= 0.6 is 11.8 Å². The first kappa shape index (κ1) is 15.7. The van der Waals surface area contributed by atoms with E-state index in [-0.39, 0.29) is 0 Å². The number of allylic oxidation sites excluding steroid dienone is 5. The van der Waals surface area contributed by atoms with Crippen LogP contribution in [0.2, 0.25) is 0 Å². The third-order valence-corrected chi connectivity index (χ3v) is 4.61. The minimum Gasteiger partial charge on any atom is -0.449 e. The van der Waals surface area contributed by atoms with Gasteiger partial charge in [-0.05, 0) is 24.3 Å². The van der Waals surface area contributed by atoms with Crippen LogP contribution in [0.25, 0.3) is 0 Å². The summed E-state index contributed by atoms with van der Waals surface area (Å²) in [5, 5.41) is 5.10. The zero-order valence-corrected chi connectivity index (χ0v) is 14.3. The number of nitrogens with zero attached hydrogens (tertiary/aromatic N) is 4. The minimum atomic E-state index is 0.480. The van der Waals surface area contributed by atoms with Crippen molar-refractivity contribution in [3.05, 3.63) is 71.4 Å². The fraction of sp³-hybridized carbons (Fsp3) is 0.167. The van der Waals surface area contributed by atoms with Crippen LogP contribution in [0.5, 0.6) is 0 Å². The second kappa shape index (κ2) is 7.40. The molecule has 0 saturated heterocycles. The van der Waals surface area contributed by atoms with E-state index in [9.17, 15) is 0 Å². The number of thioether (sulfide) groups is 1. The van der Waals surface area contributed by atoms with E-state index < -0.39 is 0 Å². The van der Waals surface area contributed by atoms with Gasteiger partial charge in [-0.25, -0.2) is 4.98 Å². The maximum absolute atomic E-state index is 4.95. The zero-order valence-electron chi connectivity index (χ0n) is 13.5. The third kappa shape index (κ3) is 4.00. The number of hydrogen-bond acceptors (Lipinski definition) is 7. The van der Waals surface area contributed by atoms with Crippen molar-refractivity contribution in [1.29, 1.82) is 0 Å². The van der Waals surface area contributed by atoms with Crippen molar-refractivity contribution in [1.82, 2.24) is 15.0 Å². The van der Waals surface area contributed by atoms with E-state index in [1.165, 1.54) is 23.1 Å². The number of aromatic nitrogens is 3. The maximum atomic E-state index is 4.95. The van der Waals surface area contributed by atoms with Gasteiger partial charge in [0.2, 0.25) is 5.95 Å². The largest absolute Gasteiger partial charge is 0.449 e. The number of hydrogen-bond donors (Lipinski definition) is 1. The first-order valence-corrected chi connectivity index (χ1v) is 8.90. The molecule has 25 heavy (non-hydrogen) atoms. The van der Waals surface area contributed by atoms with Gasteiger partial charge in [-0.3, -0.25) is 0 Å². The Morgan fingerprint density at radius 2 is 2.32 bits per heavy atom. The fourth-order valence-electron chi connectivity index (χ4n) is 2.61. The average molecular weight is 351 g/mol. The predicted molar refractivity (Wildman–Crippen MR) is 100 cm³/mol. The van der Waals surface area contributed by atoms with Crippen molar-refractivity contribution in [2.75, 3.05) is 10.2 Å². The average Bonchev–Trinajstić information content (AvgIpc) is 3.16.